The van der Waals surface area contributed by atoms with Crippen molar-refractivity contribution in [3.8, 4) is 0 Å². The summed E-state index contributed by atoms with van der Waals surface area (Å²) < 4.78 is 10.1. The van der Waals surface area contributed by atoms with Gasteiger partial charge in [-0.2, -0.15) is 0 Å². The zero-order valence-electron chi connectivity index (χ0n) is 14.6. The molecular formula is C17H23NO6. The predicted octanol–water partition coefficient (Wildman–Crippen LogP) is 3.05. The molecule has 0 spiro atoms. The van der Waals surface area contributed by atoms with Crippen molar-refractivity contribution in [1.82, 2.24) is 0 Å². The Bertz CT molecular complexity index is 634. The maximum atomic E-state index is 12.2. The number of hydrogen-bond donors (Lipinski definition) is 0. The van der Waals surface area contributed by atoms with E-state index in [4.69, 9.17) is 9.47 Å². The number of methoxy groups -OCH3 is 1. The minimum absolute atomic E-state index is 0.0722. The van der Waals surface area contributed by atoms with Crippen LogP contribution in [0.25, 0.3) is 0 Å². The molecule has 7 heteroatoms. The number of non-ortho nitro benzene ring substituents is 1. The van der Waals surface area contributed by atoms with Crippen LogP contribution < -0.4 is 0 Å². The second-order valence-electron chi connectivity index (χ2n) is 6.92. The smallest absolute Gasteiger partial charge is 0.312 e. The first-order valence-corrected chi connectivity index (χ1v) is 7.50. The van der Waals surface area contributed by atoms with Crippen molar-refractivity contribution in [2.75, 3.05) is 7.11 Å². The molecule has 0 aromatic heterocycles. The van der Waals surface area contributed by atoms with Crippen LogP contribution in [0, 0.1) is 15.5 Å². The van der Waals surface area contributed by atoms with Crippen LogP contribution in [0.15, 0.2) is 24.3 Å². The molecule has 0 aliphatic carbocycles. The van der Waals surface area contributed by atoms with Gasteiger partial charge in [-0.25, -0.2) is 0 Å². The van der Waals surface area contributed by atoms with Gasteiger partial charge in [0.2, 0.25) is 0 Å². The van der Waals surface area contributed by atoms with E-state index in [9.17, 15) is 19.7 Å². The van der Waals surface area contributed by atoms with E-state index in [0.29, 0.717) is 5.56 Å². The quantitative estimate of drug-likeness (QED) is 0.450. The van der Waals surface area contributed by atoms with Gasteiger partial charge in [0.1, 0.15) is 5.60 Å². The molecule has 0 radical (unpaired) electrons. The molecule has 0 saturated carbocycles. The number of ether oxygens (including phenoxy) is 2. The summed E-state index contributed by atoms with van der Waals surface area (Å²) in [7, 11) is 1.24. The van der Waals surface area contributed by atoms with Crippen LogP contribution in [-0.2, 0) is 25.5 Å². The number of nitro benzene ring substituents is 1. The van der Waals surface area contributed by atoms with E-state index in [1.165, 1.54) is 19.2 Å². The standard InChI is InChI=1S/C17H23NO6/c1-16(2,3)24-14(19)11-17(4,15(20)23-5)10-12-7-6-8-13(9-12)18(21)22/h6-9H,10-11H2,1-5H3/t17-/m0/s1. The average Bonchev–Trinajstić information content (AvgIpc) is 2.44. The van der Waals surface area contributed by atoms with Gasteiger partial charge in [-0.3, -0.25) is 19.7 Å². The van der Waals surface area contributed by atoms with E-state index >= 15 is 0 Å². The molecule has 7 nitrogen and oxygen atoms in total. The first kappa shape index (κ1) is 19.6. The molecule has 0 saturated heterocycles. The minimum Gasteiger partial charge on any atom is -0.469 e. The monoisotopic (exact) mass is 337 g/mol. The summed E-state index contributed by atoms with van der Waals surface area (Å²) in [5, 5.41) is 10.9. The van der Waals surface area contributed by atoms with Gasteiger partial charge in [-0.1, -0.05) is 12.1 Å². The molecule has 0 bridgehead atoms. The third kappa shape index (κ3) is 5.64. The summed E-state index contributed by atoms with van der Waals surface area (Å²) in [5.41, 5.74) is -1.34. The fraction of sp³-hybridized carbons (Fsp3) is 0.529. The van der Waals surface area contributed by atoms with E-state index in [0.717, 1.165) is 0 Å². The highest BCUT2D eigenvalue weighted by molar-refractivity contribution is 5.83. The molecule has 1 aromatic rings. The zero-order valence-corrected chi connectivity index (χ0v) is 14.6. The number of rotatable bonds is 6. The summed E-state index contributed by atoms with van der Waals surface area (Å²) >= 11 is 0. The Labute approximate surface area is 141 Å². The second-order valence-corrected chi connectivity index (χ2v) is 6.92. The second kappa shape index (κ2) is 7.42. The normalized spacial score (nSPS) is 13.7. The maximum Gasteiger partial charge on any atom is 0.312 e. The van der Waals surface area contributed by atoms with E-state index < -0.39 is 27.9 Å². The molecule has 0 aliphatic heterocycles. The summed E-state index contributed by atoms with van der Waals surface area (Å²) in [6.45, 7) is 6.80. The molecule has 1 aromatic carbocycles. The van der Waals surface area contributed by atoms with Crippen molar-refractivity contribution in [2.24, 2.45) is 5.41 Å². The van der Waals surface area contributed by atoms with Crippen LogP contribution in [0.3, 0.4) is 0 Å². The summed E-state index contributed by atoms with van der Waals surface area (Å²) in [4.78, 5) is 34.7. The molecular weight excluding hydrogens is 314 g/mol. The molecule has 0 heterocycles. The number of nitro groups is 1. The number of hydrogen-bond acceptors (Lipinski definition) is 6. The molecule has 0 aliphatic rings. The lowest BCUT2D eigenvalue weighted by Gasteiger charge is -2.28. The molecule has 0 fully saturated rings. The molecule has 0 N–H and O–H groups in total. The van der Waals surface area contributed by atoms with Gasteiger partial charge >= 0.3 is 11.9 Å². The highest BCUT2D eigenvalue weighted by Crippen LogP contribution is 2.31. The van der Waals surface area contributed by atoms with Crippen molar-refractivity contribution in [2.45, 2.75) is 46.1 Å². The Morgan fingerprint density at radius 3 is 2.33 bits per heavy atom. The number of carbonyl (C=O) groups is 2. The number of nitrogens with zero attached hydrogens (tertiary/aromatic N) is 1. The third-order valence-electron chi connectivity index (χ3n) is 3.35. The highest BCUT2D eigenvalue weighted by atomic mass is 16.6. The predicted molar refractivity (Wildman–Crippen MR) is 87.4 cm³/mol. The number of carbonyl (C=O) groups excluding carboxylic acids is 2. The first-order chi connectivity index (χ1) is 11.0. The lowest BCUT2D eigenvalue weighted by molar-refractivity contribution is -0.384. The molecule has 132 valence electrons. The summed E-state index contributed by atoms with van der Waals surface area (Å²) in [6, 6.07) is 5.96. The third-order valence-corrected chi connectivity index (χ3v) is 3.35. The van der Waals surface area contributed by atoms with Crippen molar-refractivity contribution >= 4 is 17.6 Å². The van der Waals surface area contributed by atoms with Crippen LogP contribution in [0.2, 0.25) is 0 Å². The van der Waals surface area contributed by atoms with Gasteiger partial charge in [0.25, 0.3) is 5.69 Å². The van der Waals surface area contributed by atoms with Gasteiger partial charge in [0.15, 0.2) is 0 Å². The van der Waals surface area contributed by atoms with Crippen molar-refractivity contribution in [3.05, 3.63) is 39.9 Å². The van der Waals surface area contributed by atoms with Crippen LogP contribution in [0.4, 0.5) is 5.69 Å². The van der Waals surface area contributed by atoms with Crippen LogP contribution in [0.5, 0.6) is 0 Å². The largest absolute Gasteiger partial charge is 0.469 e. The van der Waals surface area contributed by atoms with E-state index in [1.54, 1.807) is 39.8 Å². The fourth-order valence-corrected chi connectivity index (χ4v) is 2.38. The minimum atomic E-state index is -1.17. The Morgan fingerprint density at radius 1 is 1.21 bits per heavy atom. The molecule has 0 unspecified atom stereocenters. The van der Waals surface area contributed by atoms with Crippen molar-refractivity contribution < 1.29 is 24.0 Å². The SMILES string of the molecule is COC(=O)[C@](C)(CC(=O)OC(C)(C)C)Cc1cccc([N+](=O)[O-])c1. The van der Waals surface area contributed by atoms with E-state index in [-0.39, 0.29) is 18.5 Å². The molecule has 1 atom stereocenters. The maximum absolute atomic E-state index is 12.2. The van der Waals surface area contributed by atoms with Crippen molar-refractivity contribution in [3.63, 3.8) is 0 Å². The summed E-state index contributed by atoms with van der Waals surface area (Å²) in [5.74, 6) is -1.10. The van der Waals surface area contributed by atoms with Crippen LogP contribution in [0.1, 0.15) is 39.7 Å². The van der Waals surface area contributed by atoms with Gasteiger partial charge in [-0.05, 0) is 39.7 Å². The van der Waals surface area contributed by atoms with E-state index in [2.05, 4.69) is 0 Å². The number of esters is 2. The van der Waals surface area contributed by atoms with Gasteiger partial charge in [0.05, 0.1) is 23.9 Å². The zero-order chi connectivity index (χ0) is 18.5. The number of benzene rings is 1. The molecule has 0 amide bonds. The fourth-order valence-electron chi connectivity index (χ4n) is 2.38. The van der Waals surface area contributed by atoms with Crippen LogP contribution in [-0.4, -0.2) is 29.6 Å². The Kier molecular flexibility index (Phi) is 6.06. The molecule has 1 rings (SSSR count). The van der Waals surface area contributed by atoms with Crippen LogP contribution >= 0.6 is 0 Å². The Morgan fingerprint density at radius 2 is 1.83 bits per heavy atom. The highest BCUT2D eigenvalue weighted by Gasteiger charge is 2.38. The van der Waals surface area contributed by atoms with Gasteiger partial charge < -0.3 is 9.47 Å². The summed E-state index contributed by atoms with van der Waals surface area (Å²) in [6.07, 6.45) is -0.0553. The average molecular weight is 337 g/mol. The lowest BCUT2D eigenvalue weighted by Crippen LogP contribution is -2.36. The lowest BCUT2D eigenvalue weighted by atomic mass is 9.80. The first-order valence-electron chi connectivity index (χ1n) is 7.50. The van der Waals surface area contributed by atoms with E-state index in [1.807, 2.05) is 0 Å². The van der Waals surface area contributed by atoms with Gasteiger partial charge in [0, 0.05) is 12.1 Å². The van der Waals surface area contributed by atoms with Gasteiger partial charge in [-0.15, -0.1) is 0 Å². The topological polar surface area (TPSA) is 95.7 Å². The van der Waals surface area contributed by atoms with Crippen molar-refractivity contribution in [1.29, 1.82) is 0 Å². The Balaban J connectivity index is 3.04. The molecule has 24 heavy (non-hydrogen) atoms. The Hall–Kier alpha value is -2.44.